The van der Waals surface area contributed by atoms with Gasteiger partial charge in [-0.1, -0.05) is 26.0 Å². The molecule has 0 radical (unpaired) electrons. The fraction of sp³-hybridized carbons (Fsp3) is 0.500. The van der Waals surface area contributed by atoms with E-state index in [4.69, 9.17) is 5.73 Å². The highest BCUT2D eigenvalue weighted by Gasteiger charge is 2.21. The van der Waals surface area contributed by atoms with Crippen molar-refractivity contribution in [3.8, 4) is 0 Å². The number of anilines is 1. The Morgan fingerprint density at radius 1 is 1.44 bits per heavy atom. The molecule has 1 aliphatic heterocycles. The number of nitrogens with zero attached hydrogens (tertiary/aromatic N) is 1. The number of halogens is 1. The second kappa shape index (κ2) is 6.21. The molecule has 18 heavy (non-hydrogen) atoms. The van der Waals surface area contributed by atoms with E-state index >= 15 is 0 Å². The van der Waals surface area contributed by atoms with Crippen LogP contribution in [0.5, 0.6) is 0 Å². The first-order valence-corrected chi connectivity index (χ1v) is 6.26. The van der Waals surface area contributed by atoms with Crippen LogP contribution >= 0.6 is 12.4 Å². The van der Waals surface area contributed by atoms with Crippen molar-refractivity contribution in [1.82, 2.24) is 0 Å². The van der Waals surface area contributed by atoms with Gasteiger partial charge in [-0.15, -0.1) is 12.4 Å². The molecule has 0 atom stereocenters. The van der Waals surface area contributed by atoms with Crippen molar-refractivity contribution < 1.29 is 4.79 Å². The molecule has 0 aromatic heterocycles. The Hall–Kier alpha value is -1.06. The summed E-state index contributed by atoms with van der Waals surface area (Å²) in [5.74, 6) is 0.545. The van der Waals surface area contributed by atoms with Crippen molar-refractivity contribution in [1.29, 1.82) is 0 Å². The van der Waals surface area contributed by atoms with Crippen LogP contribution in [0.3, 0.4) is 0 Å². The Bertz CT molecular complexity index is 432. The average Bonchev–Trinajstić information content (AvgIpc) is 2.36. The smallest absolute Gasteiger partial charge is 0.240 e. The minimum atomic E-state index is 0. The number of aryl methyl sites for hydroxylation is 1. The van der Waals surface area contributed by atoms with Gasteiger partial charge in [-0.2, -0.15) is 0 Å². The molecule has 0 saturated heterocycles. The van der Waals surface area contributed by atoms with Crippen molar-refractivity contribution in [3.63, 3.8) is 0 Å². The average molecular weight is 269 g/mol. The first-order chi connectivity index (χ1) is 8.13. The maximum Gasteiger partial charge on any atom is 0.240 e. The zero-order valence-electron chi connectivity index (χ0n) is 11.0. The van der Waals surface area contributed by atoms with Gasteiger partial charge in [0.15, 0.2) is 0 Å². The molecule has 2 rings (SSSR count). The maximum atomic E-state index is 11.7. The third kappa shape index (κ3) is 2.85. The quantitative estimate of drug-likeness (QED) is 0.896. The van der Waals surface area contributed by atoms with Crippen LogP contribution < -0.4 is 10.6 Å². The molecule has 0 bridgehead atoms. The SMILES string of the molecule is CC(C)c1ccc2c(c1)CCCN2C(=O)CN.Cl. The van der Waals surface area contributed by atoms with Gasteiger partial charge in [-0.25, -0.2) is 0 Å². The van der Waals surface area contributed by atoms with Crippen LogP contribution in [0.1, 0.15) is 37.3 Å². The molecule has 4 heteroatoms. The number of fused-ring (bicyclic) bond motifs is 1. The highest BCUT2D eigenvalue weighted by atomic mass is 35.5. The number of rotatable bonds is 2. The van der Waals surface area contributed by atoms with E-state index in [1.54, 1.807) is 0 Å². The summed E-state index contributed by atoms with van der Waals surface area (Å²) in [6.45, 7) is 5.26. The number of hydrogen-bond acceptors (Lipinski definition) is 2. The molecule has 0 fully saturated rings. The Labute approximate surface area is 115 Å². The van der Waals surface area contributed by atoms with Crippen LogP contribution in [0.4, 0.5) is 5.69 Å². The summed E-state index contributed by atoms with van der Waals surface area (Å²) in [5.41, 5.74) is 9.12. The van der Waals surface area contributed by atoms with Crippen LogP contribution in [0.15, 0.2) is 18.2 Å². The predicted molar refractivity (Wildman–Crippen MR) is 77.5 cm³/mol. The van der Waals surface area contributed by atoms with Gasteiger partial charge < -0.3 is 10.6 Å². The molecule has 1 heterocycles. The van der Waals surface area contributed by atoms with Crippen molar-refractivity contribution in [2.75, 3.05) is 18.0 Å². The Morgan fingerprint density at radius 3 is 2.78 bits per heavy atom. The monoisotopic (exact) mass is 268 g/mol. The predicted octanol–water partition coefficient (Wildman–Crippen LogP) is 2.47. The highest BCUT2D eigenvalue weighted by Crippen LogP contribution is 2.30. The van der Waals surface area contributed by atoms with Crippen molar-refractivity contribution in [3.05, 3.63) is 29.3 Å². The first-order valence-electron chi connectivity index (χ1n) is 6.26. The molecule has 1 aromatic rings. The van der Waals surface area contributed by atoms with E-state index in [1.165, 1.54) is 11.1 Å². The number of benzene rings is 1. The van der Waals surface area contributed by atoms with Crippen LogP contribution in [-0.4, -0.2) is 19.0 Å². The third-order valence-electron chi connectivity index (χ3n) is 3.36. The highest BCUT2D eigenvalue weighted by molar-refractivity contribution is 5.95. The number of amides is 1. The van der Waals surface area contributed by atoms with E-state index in [0.717, 1.165) is 25.1 Å². The van der Waals surface area contributed by atoms with Crippen LogP contribution in [-0.2, 0) is 11.2 Å². The maximum absolute atomic E-state index is 11.7. The minimum Gasteiger partial charge on any atom is -0.322 e. The van der Waals surface area contributed by atoms with E-state index < -0.39 is 0 Å². The number of hydrogen-bond donors (Lipinski definition) is 1. The van der Waals surface area contributed by atoms with E-state index in [0.29, 0.717) is 5.92 Å². The summed E-state index contributed by atoms with van der Waals surface area (Å²) in [6.07, 6.45) is 2.09. The molecule has 3 nitrogen and oxygen atoms in total. The van der Waals surface area contributed by atoms with Crippen LogP contribution in [0, 0.1) is 0 Å². The number of carbonyl (C=O) groups is 1. The van der Waals surface area contributed by atoms with Gasteiger partial charge in [0.05, 0.1) is 6.54 Å². The summed E-state index contributed by atoms with van der Waals surface area (Å²) >= 11 is 0. The lowest BCUT2D eigenvalue weighted by molar-refractivity contribution is -0.117. The molecular formula is C14H21ClN2O. The molecule has 0 unspecified atom stereocenters. The number of nitrogens with two attached hydrogens (primary N) is 1. The van der Waals surface area contributed by atoms with Crippen LogP contribution in [0.25, 0.3) is 0 Å². The number of carbonyl (C=O) groups excluding carboxylic acids is 1. The lowest BCUT2D eigenvalue weighted by atomic mass is 9.95. The fourth-order valence-electron chi connectivity index (χ4n) is 2.35. The van der Waals surface area contributed by atoms with Crippen molar-refractivity contribution >= 4 is 24.0 Å². The van der Waals surface area contributed by atoms with Gasteiger partial charge in [0, 0.05) is 12.2 Å². The Morgan fingerprint density at radius 2 is 2.17 bits per heavy atom. The molecule has 0 spiro atoms. The third-order valence-corrected chi connectivity index (χ3v) is 3.36. The summed E-state index contributed by atoms with van der Waals surface area (Å²) in [7, 11) is 0. The zero-order chi connectivity index (χ0) is 12.4. The second-order valence-electron chi connectivity index (χ2n) is 4.90. The van der Waals surface area contributed by atoms with Gasteiger partial charge in [0.2, 0.25) is 5.91 Å². The van der Waals surface area contributed by atoms with Gasteiger partial charge >= 0.3 is 0 Å². The van der Waals surface area contributed by atoms with Gasteiger partial charge in [0.1, 0.15) is 0 Å². The normalized spacial score (nSPS) is 14.1. The standard InChI is InChI=1S/C14H20N2O.ClH/c1-10(2)11-5-6-13-12(8-11)4-3-7-16(13)14(17)9-15;/h5-6,8,10H,3-4,7,9,15H2,1-2H3;1H. The van der Waals surface area contributed by atoms with E-state index in [1.807, 2.05) is 4.90 Å². The van der Waals surface area contributed by atoms with E-state index in [-0.39, 0.29) is 24.9 Å². The summed E-state index contributed by atoms with van der Waals surface area (Å²) in [4.78, 5) is 13.6. The molecule has 0 aliphatic carbocycles. The summed E-state index contributed by atoms with van der Waals surface area (Å²) < 4.78 is 0. The lowest BCUT2D eigenvalue weighted by Crippen LogP contribution is -2.39. The summed E-state index contributed by atoms with van der Waals surface area (Å²) in [5, 5.41) is 0. The molecule has 1 amide bonds. The molecule has 100 valence electrons. The van der Waals surface area contributed by atoms with Crippen molar-refractivity contribution in [2.24, 2.45) is 5.73 Å². The second-order valence-corrected chi connectivity index (χ2v) is 4.90. The molecule has 1 aromatic carbocycles. The van der Waals surface area contributed by atoms with E-state index in [9.17, 15) is 4.79 Å². The molecule has 0 saturated carbocycles. The van der Waals surface area contributed by atoms with Crippen LogP contribution in [0.2, 0.25) is 0 Å². The van der Waals surface area contributed by atoms with Gasteiger partial charge in [-0.3, -0.25) is 4.79 Å². The van der Waals surface area contributed by atoms with Gasteiger partial charge in [0.25, 0.3) is 0 Å². The fourth-order valence-corrected chi connectivity index (χ4v) is 2.35. The molecular weight excluding hydrogens is 248 g/mol. The first kappa shape index (κ1) is 15.0. The summed E-state index contributed by atoms with van der Waals surface area (Å²) in [6, 6.07) is 6.42. The molecule has 1 aliphatic rings. The minimum absolute atomic E-state index is 0. The topological polar surface area (TPSA) is 46.3 Å². The zero-order valence-corrected chi connectivity index (χ0v) is 11.8. The van der Waals surface area contributed by atoms with Gasteiger partial charge in [-0.05, 0) is 36.0 Å². The van der Waals surface area contributed by atoms with Crippen molar-refractivity contribution in [2.45, 2.75) is 32.6 Å². The lowest BCUT2D eigenvalue weighted by Gasteiger charge is -2.30. The van der Waals surface area contributed by atoms with E-state index in [2.05, 4.69) is 32.0 Å². The Kier molecular flexibility index (Phi) is 5.17. The largest absolute Gasteiger partial charge is 0.322 e. The molecule has 2 N–H and O–H groups in total. The Balaban J connectivity index is 0.00000162.